The summed E-state index contributed by atoms with van der Waals surface area (Å²) in [5.74, 6) is 1.22. The number of hydrogen-bond acceptors (Lipinski definition) is 3. The van der Waals surface area contributed by atoms with Gasteiger partial charge in [-0.3, -0.25) is 0 Å². The first-order chi connectivity index (χ1) is 12.6. The molecule has 1 heterocycles. The number of nitrogens with zero attached hydrogens (tertiary/aromatic N) is 2. The highest BCUT2D eigenvalue weighted by Gasteiger charge is 2.12. The summed E-state index contributed by atoms with van der Waals surface area (Å²) >= 11 is 18.5. The smallest absolute Gasteiger partial charge is 0.162 e. The third-order valence-corrected chi connectivity index (χ3v) is 4.98. The highest BCUT2D eigenvalue weighted by atomic mass is 35.5. The fourth-order valence-electron chi connectivity index (χ4n) is 2.63. The van der Waals surface area contributed by atoms with E-state index >= 15 is 0 Å². The molecule has 1 aromatic heterocycles. The van der Waals surface area contributed by atoms with Crippen molar-refractivity contribution < 1.29 is 0 Å². The number of benzene rings is 3. The van der Waals surface area contributed by atoms with E-state index in [1.54, 1.807) is 12.1 Å². The van der Waals surface area contributed by atoms with Gasteiger partial charge in [0.25, 0.3) is 0 Å². The molecule has 0 radical (unpaired) electrons. The van der Waals surface area contributed by atoms with E-state index in [0.717, 1.165) is 22.2 Å². The molecular weight excluding hydrogens is 389 g/mol. The number of nitrogens with one attached hydrogen (secondary N) is 1. The second-order valence-electron chi connectivity index (χ2n) is 5.65. The Kier molecular flexibility index (Phi) is 4.68. The van der Waals surface area contributed by atoms with Crippen LogP contribution in [0.5, 0.6) is 0 Å². The first kappa shape index (κ1) is 17.1. The molecular formula is C20H12Cl3N3. The van der Waals surface area contributed by atoms with Gasteiger partial charge in [-0.1, -0.05) is 59.1 Å². The second-order valence-corrected chi connectivity index (χ2v) is 6.87. The average molecular weight is 401 g/mol. The van der Waals surface area contributed by atoms with Crippen molar-refractivity contribution in [2.24, 2.45) is 0 Å². The Morgan fingerprint density at radius 2 is 1.46 bits per heavy atom. The van der Waals surface area contributed by atoms with Crippen molar-refractivity contribution in [3.8, 4) is 11.4 Å². The molecule has 26 heavy (non-hydrogen) atoms. The lowest BCUT2D eigenvalue weighted by atomic mass is 10.1. The summed E-state index contributed by atoms with van der Waals surface area (Å²) in [6.07, 6.45) is 0. The maximum Gasteiger partial charge on any atom is 0.162 e. The third kappa shape index (κ3) is 3.34. The molecule has 0 atom stereocenters. The topological polar surface area (TPSA) is 37.8 Å². The summed E-state index contributed by atoms with van der Waals surface area (Å²) in [7, 11) is 0. The van der Waals surface area contributed by atoms with Gasteiger partial charge in [0.15, 0.2) is 5.82 Å². The van der Waals surface area contributed by atoms with E-state index in [9.17, 15) is 0 Å². The van der Waals surface area contributed by atoms with Crippen LogP contribution in [0.15, 0.2) is 66.7 Å². The van der Waals surface area contributed by atoms with Crippen LogP contribution in [-0.2, 0) is 0 Å². The number of para-hydroxylation sites is 2. The summed E-state index contributed by atoms with van der Waals surface area (Å²) in [5, 5.41) is 5.78. The molecule has 0 unspecified atom stereocenters. The Morgan fingerprint density at radius 1 is 0.692 bits per heavy atom. The normalized spacial score (nSPS) is 10.9. The Hall–Kier alpha value is -2.33. The van der Waals surface area contributed by atoms with Gasteiger partial charge in [-0.05, 0) is 42.5 Å². The van der Waals surface area contributed by atoms with E-state index in [2.05, 4.69) is 10.3 Å². The Labute approximate surface area is 165 Å². The van der Waals surface area contributed by atoms with Crippen molar-refractivity contribution in [1.82, 2.24) is 9.97 Å². The SMILES string of the molecule is Clc1ccc(-c2nc(Nc3ccccc3Cl)c3ccccc3n2)cc1Cl. The molecule has 0 spiro atoms. The fourth-order valence-corrected chi connectivity index (χ4v) is 3.11. The monoisotopic (exact) mass is 399 g/mol. The molecule has 4 aromatic rings. The van der Waals surface area contributed by atoms with Gasteiger partial charge >= 0.3 is 0 Å². The molecule has 0 saturated carbocycles. The zero-order chi connectivity index (χ0) is 18.1. The van der Waals surface area contributed by atoms with Crippen LogP contribution in [0, 0.1) is 0 Å². The molecule has 0 aliphatic rings. The molecule has 0 fully saturated rings. The lowest BCUT2D eigenvalue weighted by Gasteiger charge is -2.12. The molecule has 0 amide bonds. The van der Waals surface area contributed by atoms with Gasteiger partial charge in [-0.2, -0.15) is 0 Å². The van der Waals surface area contributed by atoms with Crippen molar-refractivity contribution >= 4 is 57.2 Å². The summed E-state index contributed by atoms with van der Waals surface area (Å²) in [6.45, 7) is 0. The standard InChI is InChI=1S/C20H12Cl3N3/c21-14-10-9-12(11-16(14)23)19-24-17-7-3-1-5-13(17)20(26-19)25-18-8-4-2-6-15(18)22/h1-11H,(H,24,25,26). The number of anilines is 2. The molecule has 6 heteroatoms. The highest BCUT2D eigenvalue weighted by Crippen LogP contribution is 2.32. The van der Waals surface area contributed by atoms with Gasteiger partial charge < -0.3 is 5.32 Å². The maximum atomic E-state index is 6.28. The number of hydrogen-bond donors (Lipinski definition) is 1. The van der Waals surface area contributed by atoms with Gasteiger partial charge in [0.05, 0.1) is 26.3 Å². The number of halogens is 3. The van der Waals surface area contributed by atoms with Crippen molar-refractivity contribution in [1.29, 1.82) is 0 Å². The van der Waals surface area contributed by atoms with E-state index in [1.165, 1.54) is 0 Å². The zero-order valence-corrected chi connectivity index (χ0v) is 15.6. The molecule has 0 aliphatic carbocycles. The van der Waals surface area contributed by atoms with E-state index < -0.39 is 0 Å². The average Bonchev–Trinajstić information content (AvgIpc) is 2.65. The van der Waals surface area contributed by atoms with Crippen LogP contribution in [0.4, 0.5) is 11.5 Å². The number of fused-ring (bicyclic) bond motifs is 1. The summed E-state index contributed by atoms with van der Waals surface area (Å²) in [5.41, 5.74) is 2.38. The van der Waals surface area contributed by atoms with Gasteiger partial charge in [-0.25, -0.2) is 9.97 Å². The van der Waals surface area contributed by atoms with Crippen LogP contribution in [-0.4, -0.2) is 9.97 Å². The number of aromatic nitrogens is 2. The molecule has 0 saturated heterocycles. The lowest BCUT2D eigenvalue weighted by Crippen LogP contribution is -1.99. The molecule has 1 N–H and O–H groups in total. The van der Waals surface area contributed by atoms with Gasteiger partial charge in [-0.15, -0.1) is 0 Å². The maximum absolute atomic E-state index is 6.28. The molecule has 128 valence electrons. The van der Waals surface area contributed by atoms with E-state index in [1.807, 2.05) is 54.6 Å². The molecule has 0 aliphatic heterocycles. The van der Waals surface area contributed by atoms with Crippen LogP contribution >= 0.6 is 34.8 Å². The lowest BCUT2D eigenvalue weighted by molar-refractivity contribution is 1.22. The minimum Gasteiger partial charge on any atom is -0.338 e. The molecule has 3 nitrogen and oxygen atoms in total. The Bertz CT molecular complexity index is 1110. The molecule has 3 aromatic carbocycles. The van der Waals surface area contributed by atoms with E-state index in [-0.39, 0.29) is 0 Å². The quantitative estimate of drug-likeness (QED) is 0.402. The number of rotatable bonds is 3. The van der Waals surface area contributed by atoms with Crippen LogP contribution in [0.1, 0.15) is 0 Å². The summed E-state index contributed by atoms with van der Waals surface area (Å²) < 4.78 is 0. The summed E-state index contributed by atoms with van der Waals surface area (Å²) in [6, 6.07) is 20.7. The van der Waals surface area contributed by atoms with Crippen molar-refractivity contribution in [3.05, 3.63) is 81.8 Å². The highest BCUT2D eigenvalue weighted by molar-refractivity contribution is 6.42. The fraction of sp³-hybridized carbons (Fsp3) is 0. The third-order valence-electron chi connectivity index (χ3n) is 3.91. The van der Waals surface area contributed by atoms with Crippen LogP contribution in [0.25, 0.3) is 22.3 Å². The Balaban J connectivity index is 1.88. The predicted molar refractivity (Wildman–Crippen MR) is 110 cm³/mol. The van der Waals surface area contributed by atoms with Crippen LogP contribution in [0.3, 0.4) is 0 Å². The Morgan fingerprint density at radius 3 is 2.27 bits per heavy atom. The van der Waals surface area contributed by atoms with Gasteiger partial charge in [0.1, 0.15) is 5.82 Å². The first-order valence-electron chi connectivity index (χ1n) is 7.85. The zero-order valence-electron chi connectivity index (χ0n) is 13.4. The van der Waals surface area contributed by atoms with Gasteiger partial charge in [0.2, 0.25) is 0 Å². The van der Waals surface area contributed by atoms with Crippen LogP contribution in [0.2, 0.25) is 15.1 Å². The minimum atomic E-state index is 0.460. The molecule has 4 rings (SSSR count). The second kappa shape index (κ2) is 7.12. The van der Waals surface area contributed by atoms with E-state index in [4.69, 9.17) is 39.8 Å². The van der Waals surface area contributed by atoms with E-state index in [0.29, 0.717) is 26.7 Å². The largest absolute Gasteiger partial charge is 0.338 e. The van der Waals surface area contributed by atoms with Crippen molar-refractivity contribution in [2.75, 3.05) is 5.32 Å². The summed E-state index contributed by atoms with van der Waals surface area (Å²) in [4.78, 5) is 9.35. The molecule has 0 bridgehead atoms. The van der Waals surface area contributed by atoms with Crippen molar-refractivity contribution in [3.63, 3.8) is 0 Å². The van der Waals surface area contributed by atoms with Crippen molar-refractivity contribution in [2.45, 2.75) is 0 Å². The first-order valence-corrected chi connectivity index (χ1v) is 8.99. The van der Waals surface area contributed by atoms with Crippen LogP contribution < -0.4 is 5.32 Å². The van der Waals surface area contributed by atoms with Gasteiger partial charge in [0, 0.05) is 10.9 Å². The minimum absolute atomic E-state index is 0.460. The predicted octanol–water partition coefficient (Wildman–Crippen LogP) is 7.00.